The molecular formula is C29H27BrN2O4. The zero-order valence-corrected chi connectivity index (χ0v) is 22.0. The molecule has 4 aromatic rings. The molecule has 0 unspecified atom stereocenters. The van der Waals surface area contributed by atoms with E-state index in [1.54, 1.807) is 18.2 Å². The van der Waals surface area contributed by atoms with Gasteiger partial charge >= 0.3 is 5.97 Å². The van der Waals surface area contributed by atoms with Gasteiger partial charge in [0, 0.05) is 21.8 Å². The second-order valence-corrected chi connectivity index (χ2v) is 9.15. The number of fused-ring (bicyclic) bond motifs is 1. The van der Waals surface area contributed by atoms with Crippen LogP contribution in [-0.2, 0) is 4.79 Å². The molecule has 4 rings (SSSR count). The number of esters is 1. The van der Waals surface area contributed by atoms with Crippen molar-refractivity contribution in [3.63, 3.8) is 0 Å². The number of nitrogens with zero attached hydrogens (tertiary/aromatic N) is 1. The van der Waals surface area contributed by atoms with E-state index in [-0.39, 0.29) is 24.0 Å². The van der Waals surface area contributed by atoms with Gasteiger partial charge < -0.3 is 14.8 Å². The molecule has 3 aromatic carbocycles. The normalized spacial score (nSPS) is 10.8. The summed E-state index contributed by atoms with van der Waals surface area (Å²) in [6, 6.07) is 20.6. The third-order valence-corrected chi connectivity index (χ3v) is 6.15. The average molecular weight is 547 g/mol. The number of hydrogen-bond donors (Lipinski definition) is 1. The number of hydrogen-bond acceptors (Lipinski definition) is 5. The topological polar surface area (TPSA) is 77.5 Å². The summed E-state index contributed by atoms with van der Waals surface area (Å²) < 4.78 is 12.2. The Morgan fingerprint density at radius 3 is 2.50 bits per heavy atom. The molecule has 0 spiro atoms. The van der Waals surface area contributed by atoms with Gasteiger partial charge in [-0.25, -0.2) is 4.98 Å². The zero-order chi connectivity index (χ0) is 25.7. The summed E-state index contributed by atoms with van der Waals surface area (Å²) in [4.78, 5) is 31.0. The van der Waals surface area contributed by atoms with Crippen molar-refractivity contribution in [3.05, 3.63) is 82.3 Å². The van der Waals surface area contributed by atoms with Crippen molar-refractivity contribution >= 4 is 44.4 Å². The predicted octanol–water partition coefficient (Wildman–Crippen LogP) is 7.33. The van der Waals surface area contributed by atoms with E-state index in [1.807, 2.05) is 69.3 Å². The van der Waals surface area contributed by atoms with Crippen LogP contribution >= 0.6 is 15.9 Å². The van der Waals surface area contributed by atoms with Crippen LogP contribution in [0.5, 0.6) is 11.5 Å². The van der Waals surface area contributed by atoms with Crippen LogP contribution < -0.4 is 14.8 Å². The first-order chi connectivity index (χ1) is 17.4. The van der Waals surface area contributed by atoms with Gasteiger partial charge in [-0.1, -0.05) is 59.3 Å². The van der Waals surface area contributed by atoms with Crippen molar-refractivity contribution in [1.29, 1.82) is 0 Å². The lowest BCUT2D eigenvalue weighted by molar-refractivity contribution is -0.134. The lowest BCUT2D eigenvalue weighted by Gasteiger charge is -2.18. The number of ether oxygens (including phenoxy) is 2. The van der Waals surface area contributed by atoms with E-state index in [4.69, 9.17) is 14.5 Å². The second kappa shape index (κ2) is 11.4. The van der Waals surface area contributed by atoms with E-state index >= 15 is 0 Å². The standard InChI is InChI=1S/C29H27BrN2O4/c1-4-10-25(33)36-28-23(13-9-14-24(28)35-5-2)32-29(34)26-18(3)27(19-11-7-6-8-12-19)31-22-16-15-20(30)17-21(22)26/h6-9,11-17H,4-5,10H2,1-3H3,(H,32,34). The molecule has 0 radical (unpaired) electrons. The minimum atomic E-state index is -0.388. The van der Waals surface area contributed by atoms with Gasteiger partial charge in [-0.05, 0) is 56.2 Å². The number of nitrogens with one attached hydrogen (secondary N) is 1. The predicted molar refractivity (Wildman–Crippen MR) is 146 cm³/mol. The molecule has 184 valence electrons. The SMILES string of the molecule is CCCC(=O)Oc1c(NC(=O)c2c(C)c(-c3ccccc3)nc3ccc(Br)cc23)cccc1OCC. The fourth-order valence-electron chi connectivity index (χ4n) is 4.04. The van der Waals surface area contributed by atoms with Crippen molar-refractivity contribution in [3.8, 4) is 22.8 Å². The monoisotopic (exact) mass is 546 g/mol. The van der Waals surface area contributed by atoms with Crippen LogP contribution in [0.3, 0.4) is 0 Å². The molecule has 1 N–H and O–H groups in total. The first-order valence-corrected chi connectivity index (χ1v) is 12.6. The molecule has 1 aromatic heterocycles. The van der Waals surface area contributed by atoms with E-state index in [0.717, 1.165) is 21.3 Å². The molecule has 0 aliphatic carbocycles. The highest BCUT2D eigenvalue weighted by atomic mass is 79.9. The van der Waals surface area contributed by atoms with Crippen LogP contribution in [0.2, 0.25) is 0 Å². The van der Waals surface area contributed by atoms with Crippen LogP contribution in [-0.4, -0.2) is 23.5 Å². The minimum Gasteiger partial charge on any atom is -0.490 e. The van der Waals surface area contributed by atoms with Crippen molar-refractivity contribution < 1.29 is 19.1 Å². The number of anilines is 1. The van der Waals surface area contributed by atoms with Crippen molar-refractivity contribution in [2.75, 3.05) is 11.9 Å². The number of halogens is 1. The summed E-state index contributed by atoms with van der Waals surface area (Å²) in [5, 5.41) is 3.68. The number of carbonyl (C=O) groups excluding carboxylic acids is 2. The molecule has 1 amide bonds. The largest absolute Gasteiger partial charge is 0.490 e. The molecule has 0 aliphatic heterocycles. The molecule has 0 saturated carbocycles. The Balaban J connectivity index is 1.83. The first-order valence-electron chi connectivity index (χ1n) is 11.9. The molecular weight excluding hydrogens is 520 g/mol. The lowest BCUT2D eigenvalue weighted by Crippen LogP contribution is -2.17. The molecule has 0 atom stereocenters. The quantitative estimate of drug-likeness (QED) is 0.185. The highest BCUT2D eigenvalue weighted by molar-refractivity contribution is 9.10. The number of para-hydroxylation sites is 1. The molecule has 6 nitrogen and oxygen atoms in total. The van der Waals surface area contributed by atoms with Gasteiger partial charge in [0.25, 0.3) is 5.91 Å². The van der Waals surface area contributed by atoms with Crippen LogP contribution in [0.1, 0.15) is 42.6 Å². The smallest absolute Gasteiger partial charge is 0.311 e. The van der Waals surface area contributed by atoms with E-state index in [0.29, 0.717) is 40.9 Å². The Labute approximate surface area is 218 Å². The maximum absolute atomic E-state index is 13.8. The summed E-state index contributed by atoms with van der Waals surface area (Å²) in [5.74, 6) is -0.131. The van der Waals surface area contributed by atoms with Crippen LogP contribution in [0.25, 0.3) is 22.2 Å². The Hall–Kier alpha value is -3.71. The van der Waals surface area contributed by atoms with Crippen LogP contribution in [0.15, 0.2) is 71.2 Å². The molecule has 36 heavy (non-hydrogen) atoms. The van der Waals surface area contributed by atoms with Crippen molar-refractivity contribution in [2.24, 2.45) is 0 Å². The molecule has 0 saturated heterocycles. The number of carbonyl (C=O) groups is 2. The second-order valence-electron chi connectivity index (χ2n) is 8.23. The number of benzene rings is 3. The maximum Gasteiger partial charge on any atom is 0.311 e. The summed E-state index contributed by atoms with van der Waals surface area (Å²) in [5.41, 5.74) is 3.94. The summed E-state index contributed by atoms with van der Waals surface area (Å²) in [6.07, 6.45) is 0.910. The van der Waals surface area contributed by atoms with Gasteiger partial charge in [0.05, 0.1) is 29.1 Å². The fourth-order valence-corrected chi connectivity index (χ4v) is 4.40. The summed E-state index contributed by atoms with van der Waals surface area (Å²) in [6.45, 7) is 6.03. The molecule has 0 bridgehead atoms. The highest BCUT2D eigenvalue weighted by Gasteiger charge is 2.22. The lowest BCUT2D eigenvalue weighted by atomic mass is 9.97. The molecule has 0 fully saturated rings. The van der Waals surface area contributed by atoms with Crippen LogP contribution in [0.4, 0.5) is 5.69 Å². The van der Waals surface area contributed by atoms with Crippen LogP contribution in [0, 0.1) is 6.92 Å². The van der Waals surface area contributed by atoms with Gasteiger partial charge in [-0.2, -0.15) is 0 Å². The van der Waals surface area contributed by atoms with Gasteiger partial charge in [-0.15, -0.1) is 0 Å². The number of rotatable bonds is 8. The molecule has 7 heteroatoms. The van der Waals surface area contributed by atoms with E-state index in [2.05, 4.69) is 21.2 Å². The number of pyridine rings is 1. The molecule has 1 heterocycles. The third kappa shape index (κ3) is 5.41. The van der Waals surface area contributed by atoms with E-state index < -0.39 is 0 Å². The van der Waals surface area contributed by atoms with Gasteiger partial charge in [0.15, 0.2) is 11.5 Å². The highest BCUT2D eigenvalue weighted by Crippen LogP contribution is 2.37. The van der Waals surface area contributed by atoms with Gasteiger partial charge in [0.1, 0.15) is 0 Å². The Morgan fingerprint density at radius 2 is 1.78 bits per heavy atom. The number of aromatic nitrogens is 1. The first kappa shape index (κ1) is 25.4. The summed E-state index contributed by atoms with van der Waals surface area (Å²) in [7, 11) is 0. The minimum absolute atomic E-state index is 0.201. The van der Waals surface area contributed by atoms with Gasteiger partial charge in [0.2, 0.25) is 0 Å². The average Bonchev–Trinajstić information content (AvgIpc) is 2.86. The molecule has 0 aliphatic rings. The van der Waals surface area contributed by atoms with E-state index in [9.17, 15) is 9.59 Å². The number of amides is 1. The Kier molecular flexibility index (Phi) is 8.00. The zero-order valence-electron chi connectivity index (χ0n) is 20.4. The Morgan fingerprint density at radius 1 is 1.00 bits per heavy atom. The van der Waals surface area contributed by atoms with Gasteiger partial charge in [-0.3, -0.25) is 9.59 Å². The maximum atomic E-state index is 13.8. The summed E-state index contributed by atoms with van der Waals surface area (Å²) >= 11 is 3.52. The van der Waals surface area contributed by atoms with Crippen molar-refractivity contribution in [2.45, 2.75) is 33.6 Å². The van der Waals surface area contributed by atoms with E-state index in [1.165, 1.54) is 0 Å². The third-order valence-electron chi connectivity index (χ3n) is 5.66. The van der Waals surface area contributed by atoms with Crippen molar-refractivity contribution in [1.82, 2.24) is 4.98 Å². The Bertz CT molecular complexity index is 1420. The fraction of sp³-hybridized carbons (Fsp3) is 0.207.